The number of benzene rings is 3. The molecular formula is C25H25F3N2O4. The third-order valence-corrected chi connectivity index (χ3v) is 5.18. The second kappa shape index (κ2) is 10.9. The maximum Gasteiger partial charge on any atom is 0.416 e. The van der Waals surface area contributed by atoms with Crippen LogP contribution < -0.4 is 20.5 Å². The fourth-order valence-corrected chi connectivity index (χ4v) is 3.27. The van der Waals surface area contributed by atoms with Crippen molar-refractivity contribution in [3.8, 4) is 17.2 Å². The van der Waals surface area contributed by atoms with Gasteiger partial charge in [-0.25, -0.2) is 0 Å². The summed E-state index contributed by atoms with van der Waals surface area (Å²) in [6.45, 7) is 0.406. The molecule has 0 saturated carbocycles. The fourth-order valence-electron chi connectivity index (χ4n) is 3.27. The van der Waals surface area contributed by atoms with Gasteiger partial charge in [-0.05, 0) is 59.5 Å². The summed E-state index contributed by atoms with van der Waals surface area (Å²) in [4.78, 5) is 11.9. The van der Waals surface area contributed by atoms with Crippen molar-refractivity contribution in [1.29, 1.82) is 0 Å². The molecule has 1 amide bonds. The average molecular weight is 474 g/mol. The molecule has 6 nitrogen and oxygen atoms in total. The third kappa shape index (κ3) is 6.89. The maximum absolute atomic E-state index is 12.7. The van der Waals surface area contributed by atoms with E-state index in [0.29, 0.717) is 30.0 Å². The van der Waals surface area contributed by atoms with Gasteiger partial charge in [0.05, 0.1) is 18.7 Å². The van der Waals surface area contributed by atoms with Gasteiger partial charge in [0.15, 0.2) is 11.5 Å². The number of halogens is 3. The van der Waals surface area contributed by atoms with Crippen LogP contribution in [0.25, 0.3) is 0 Å². The Morgan fingerprint density at radius 3 is 2.18 bits per heavy atom. The molecule has 0 unspecified atom stereocenters. The van der Waals surface area contributed by atoms with Crippen LogP contribution in [0.4, 0.5) is 13.2 Å². The van der Waals surface area contributed by atoms with Crippen molar-refractivity contribution in [2.24, 2.45) is 5.73 Å². The van der Waals surface area contributed by atoms with Crippen molar-refractivity contribution in [2.45, 2.75) is 31.8 Å². The van der Waals surface area contributed by atoms with Crippen LogP contribution >= 0.6 is 0 Å². The Morgan fingerprint density at radius 2 is 1.59 bits per heavy atom. The molecule has 0 spiro atoms. The normalized spacial score (nSPS) is 12.2. The van der Waals surface area contributed by atoms with Gasteiger partial charge in [-0.15, -0.1) is 0 Å². The van der Waals surface area contributed by atoms with E-state index in [1.54, 1.807) is 42.5 Å². The van der Waals surface area contributed by atoms with Gasteiger partial charge in [0.1, 0.15) is 12.4 Å². The minimum atomic E-state index is -4.38. The Kier molecular flexibility index (Phi) is 8.01. The summed E-state index contributed by atoms with van der Waals surface area (Å²) in [5, 5.41) is 12.5. The molecule has 0 saturated heterocycles. The number of amides is 1. The van der Waals surface area contributed by atoms with Gasteiger partial charge in [-0.1, -0.05) is 30.3 Å². The fraction of sp³-hybridized carbons (Fsp3) is 0.240. The second-order valence-corrected chi connectivity index (χ2v) is 7.67. The van der Waals surface area contributed by atoms with Gasteiger partial charge in [0.2, 0.25) is 5.91 Å². The first kappa shape index (κ1) is 24.9. The van der Waals surface area contributed by atoms with E-state index >= 15 is 0 Å². The van der Waals surface area contributed by atoms with E-state index in [0.717, 1.165) is 23.3 Å². The van der Waals surface area contributed by atoms with Crippen LogP contribution in [0.3, 0.4) is 0 Å². The van der Waals surface area contributed by atoms with Crippen LogP contribution in [-0.2, 0) is 30.5 Å². The zero-order valence-electron chi connectivity index (χ0n) is 18.4. The number of phenols is 1. The maximum atomic E-state index is 12.7. The lowest BCUT2D eigenvalue weighted by molar-refractivity contribution is -0.137. The third-order valence-electron chi connectivity index (χ3n) is 5.18. The van der Waals surface area contributed by atoms with E-state index < -0.39 is 23.7 Å². The first-order chi connectivity index (χ1) is 16.2. The smallest absolute Gasteiger partial charge is 0.416 e. The van der Waals surface area contributed by atoms with Crippen molar-refractivity contribution in [3.05, 3.63) is 89.0 Å². The summed E-state index contributed by atoms with van der Waals surface area (Å²) in [6, 6.07) is 15.9. The number of aromatic hydroxyl groups is 1. The van der Waals surface area contributed by atoms with Crippen LogP contribution in [0, 0.1) is 0 Å². The highest BCUT2D eigenvalue weighted by molar-refractivity contribution is 5.80. The van der Waals surface area contributed by atoms with Crippen molar-refractivity contribution >= 4 is 5.91 Å². The molecule has 9 heteroatoms. The number of hydrogen-bond acceptors (Lipinski definition) is 5. The molecule has 0 aliphatic rings. The first-order valence-electron chi connectivity index (χ1n) is 10.4. The Hall–Kier alpha value is -3.72. The van der Waals surface area contributed by atoms with E-state index in [-0.39, 0.29) is 12.4 Å². The Bertz CT molecular complexity index is 1100. The number of carbonyl (C=O) groups excluding carboxylic acids is 1. The standard InChI is InChI=1S/C25H25F3N2O4/c1-33-23-13-18(14-30-21(24(29)32)12-16-4-9-20(31)10-5-16)6-11-22(23)34-15-17-2-7-19(8-3-17)25(26,27)28/h2-11,13,21,30-31H,12,14-15H2,1H3,(H2,29,32)/t21-/m0/s1. The molecular weight excluding hydrogens is 449 g/mol. The molecule has 180 valence electrons. The summed E-state index contributed by atoms with van der Waals surface area (Å²) < 4.78 is 49.2. The monoisotopic (exact) mass is 474 g/mol. The zero-order valence-corrected chi connectivity index (χ0v) is 18.4. The van der Waals surface area contributed by atoms with E-state index in [1.165, 1.54) is 19.2 Å². The molecule has 0 aromatic heterocycles. The summed E-state index contributed by atoms with van der Waals surface area (Å²) >= 11 is 0. The van der Waals surface area contributed by atoms with Gasteiger partial charge in [-0.3, -0.25) is 4.79 Å². The van der Waals surface area contributed by atoms with Gasteiger partial charge < -0.3 is 25.6 Å². The van der Waals surface area contributed by atoms with E-state index in [4.69, 9.17) is 15.2 Å². The summed E-state index contributed by atoms with van der Waals surface area (Å²) in [5.74, 6) is 0.513. The second-order valence-electron chi connectivity index (χ2n) is 7.67. The lowest BCUT2D eigenvalue weighted by Gasteiger charge is -2.17. The highest BCUT2D eigenvalue weighted by Gasteiger charge is 2.29. The molecule has 3 aromatic rings. The quantitative estimate of drug-likeness (QED) is 0.410. The number of rotatable bonds is 10. The number of hydrogen-bond donors (Lipinski definition) is 3. The number of primary amides is 1. The number of carbonyl (C=O) groups is 1. The number of nitrogens with two attached hydrogens (primary N) is 1. The van der Waals surface area contributed by atoms with Crippen LogP contribution in [0.2, 0.25) is 0 Å². The summed E-state index contributed by atoms with van der Waals surface area (Å²) in [6.07, 6.45) is -4.02. The molecule has 3 aromatic carbocycles. The van der Waals surface area contributed by atoms with Crippen molar-refractivity contribution in [2.75, 3.05) is 7.11 Å². The highest BCUT2D eigenvalue weighted by Crippen LogP contribution is 2.31. The van der Waals surface area contributed by atoms with Crippen molar-refractivity contribution in [1.82, 2.24) is 5.32 Å². The Morgan fingerprint density at radius 1 is 0.971 bits per heavy atom. The minimum Gasteiger partial charge on any atom is -0.508 e. The molecule has 0 heterocycles. The number of ether oxygens (including phenoxy) is 2. The number of nitrogens with one attached hydrogen (secondary N) is 1. The van der Waals surface area contributed by atoms with E-state index in [2.05, 4.69) is 5.32 Å². The molecule has 0 radical (unpaired) electrons. The number of methoxy groups -OCH3 is 1. The van der Waals surface area contributed by atoms with Crippen LogP contribution in [0.5, 0.6) is 17.2 Å². The molecule has 3 rings (SSSR count). The molecule has 1 atom stereocenters. The van der Waals surface area contributed by atoms with Crippen LogP contribution in [0.15, 0.2) is 66.7 Å². The lowest BCUT2D eigenvalue weighted by Crippen LogP contribution is -2.42. The SMILES string of the molecule is COc1cc(CN[C@@H](Cc2ccc(O)cc2)C(N)=O)ccc1OCc1ccc(C(F)(F)F)cc1. The Labute approximate surface area is 195 Å². The largest absolute Gasteiger partial charge is 0.508 e. The highest BCUT2D eigenvalue weighted by atomic mass is 19.4. The van der Waals surface area contributed by atoms with Gasteiger partial charge in [0, 0.05) is 6.54 Å². The van der Waals surface area contributed by atoms with Gasteiger partial charge >= 0.3 is 6.18 Å². The van der Waals surface area contributed by atoms with E-state index in [9.17, 15) is 23.1 Å². The first-order valence-corrected chi connectivity index (χ1v) is 10.4. The molecule has 0 bridgehead atoms. The van der Waals surface area contributed by atoms with Crippen molar-refractivity contribution < 1.29 is 32.5 Å². The summed E-state index contributed by atoms with van der Waals surface area (Å²) in [5.41, 5.74) is 7.06. The molecule has 4 N–H and O–H groups in total. The predicted molar refractivity (Wildman–Crippen MR) is 120 cm³/mol. The average Bonchev–Trinajstić information content (AvgIpc) is 2.81. The van der Waals surface area contributed by atoms with Crippen LogP contribution in [-0.4, -0.2) is 24.2 Å². The van der Waals surface area contributed by atoms with Gasteiger partial charge in [0.25, 0.3) is 0 Å². The topological polar surface area (TPSA) is 93.8 Å². The lowest BCUT2D eigenvalue weighted by atomic mass is 10.0. The predicted octanol–water partition coefficient (Wildman–Crippen LogP) is 4.18. The summed E-state index contributed by atoms with van der Waals surface area (Å²) in [7, 11) is 1.48. The van der Waals surface area contributed by atoms with Crippen LogP contribution in [0.1, 0.15) is 22.3 Å². The van der Waals surface area contributed by atoms with E-state index in [1.807, 2.05) is 0 Å². The molecule has 0 aliphatic heterocycles. The molecule has 0 aliphatic carbocycles. The molecule has 34 heavy (non-hydrogen) atoms. The number of alkyl halides is 3. The number of phenolic OH excluding ortho intramolecular Hbond substituents is 1. The zero-order chi connectivity index (χ0) is 24.7. The van der Waals surface area contributed by atoms with Gasteiger partial charge in [-0.2, -0.15) is 13.2 Å². The van der Waals surface area contributed by atoms with Crippen molar-refractivity contribution in [3.63, 3.8) is 0 Å². The Balaban J connectivity index is 1.61. The molecule has 0 fully saturated rings. The minimum absolute atomic E-state index is 0.0719.